The zero-order valence-electron chi connectivity index (χ0n) is 9.58. The monoisotopic (exact) mass is 234 g/mol. The van der Waals surface area contributed by atoms with Crippen LogP contribution in [0.5, 0.6) is 0 Å². The fourth-order valence-electron chi connectivity index (χ4n) is 1.45. The van der Waals surface area contributed by atoms with Crippen molar-refractivity contribution in [2.45, 2.75) is 25.7 Å². The Hall–Kier alpha value is -1.89. The molecule has 1 rings (SSSR count). The van der Waals surface area contributed by atoms with Crippen molar-refractivity contribution in [2.75, 3.05) is 6.54 Å². The summed E-state index contributed by atoms with van der Waals surface area (Å²) < 4.78 is 12.8. The average molecular weight is 234 g/mol. The van der Waals surface area contributed by atoms with E-state index in [4.69, 9.17) is 5.26 Å². The summed E-state index contributed by atoms with van der Waals surface area (Å²) in [5.41, 5.74) is 0.666. The topological polar surface area (TPSA) is 52.9 Å². The third-order valence-electron chi connectivity index (χ3n) is 2.29. The Kier molecular flexibility index (Phi) is 5.73. The number of nitrogens with one attached hydrogen (secondary N) is 1. The number of halogens is 1. The number of carbonyl (C=O) groups excluding carboxylic acids is 1. The summed E-state index contributed by atoms with van der Waals surface area (Å²) in [5.74, 6) is -0.447. The number of hydrogen-bond acceptors (Lipinski definition) is 2. The molecule has 0 fully saturated rings. The smallest absolute Gasteiger partial charge is 0.224 e. The third kappa shape index (κ3) is 5.67. The second-order valence-electron chi connectivity index (χ2n) is 3.77. The Morgan fingerprint density at radius 1 is 1.41 bits per heavy atom. The number of unbranched alkanes of at least 4 members (excludes halogenated alkanes) is 2. The molecule has 0 aliphatic rings. The molecule has 0 atom stereocenters. The number of nitrogens with zero attached hydrogens (tertiary/aromatic N) is 1. The Bertz CT molecular complexity index is 412. The predicted molar refractivity (Wildman–Crippen MR) is 62.6 cm³/mol. The van der Waals surface area contributed by atoms with Crippen molar-refractivity contribution in [1.82, 2.24) is 5.32 Å². The SMILES string of the molecule is N#CCCCCNC(=O)Cc1cccc(F)c1. The maximum atomic E-state index is 12.8. The summed E-state index contributed by atoms with van der Waals surface area (Å²) >= 11 is 0. The Morgan fingerprint density at radius 3 is 2.94 bits per heavy atom. The van der Waals surface area contributed by atoms with E-state index in [0.717, 1.165) is 12.8 Å². The molecule has 0 radical (unpaired) electrons. The first-order valence-electron chi connectivity index (χ1n) is 5.60. The molecular weight excluding hydrogens is 219 g/mol. The van der Waals surface area contributed by atoms with E-state index in [1.807, 2.05) is 6.07 Å². The molecule has 1 amide bonds. The molecule has 4 heteroatoms. The summed E-state index contributed by atoms with van der Waals surface area (Å²) in [6.45, 7) is 0.565. The number of amides is 1. The van der Waals surface area contributed by atoms with Gasteiger partial charge in [0.05, 0.1) is 12.5 Å². The molecule has 1 aromatic rings. The summed E-state index contributed by atoms with van der Waals surface area (Å²) in [4.78, 5) is 11.5. The lowest BCUT2D eigenvalue weighted by Gasteiger charge is -2.04. The minimum Gasteiger partial charge on any atom is -0.356 e. The van der Waals surface area contributed by atoms with Crippen LogP contribution in [0.4, 0.5) is 4.39 Å². The van der Waals surface area contributed by atoms with E-state index in [0.29, 0.717) is 18.5 Å². The molecule has 0 aromatic heterocycles. The van der Waals surface area contributed by atoms with Crippen molar-refractivity contribution in [2.24, 2.45) is 0 Å². The number of carbonyl (C=O) groups is 1. The van der Waals surface area contributed by atoms with Gasteiger partial charge in [-0.1, -0.05) is 12.1 Å². The normalized spacial score (nSPS) is 9.65. The lowest BCUT2D eigenvalue weighted by Crippen LogP contribution is -2.26. The van der Waals surface area contributed by atoms with Crippen LogP contribution in [0.3, 0.4) is 0 Å². The maximum absolute atomic E-state index is 12.8. The van der Waals surface area contributed by atoms with Gasteiger partial charge in [-0.15, -0.1) is 0 Å². The Balaban J connectivity index is 2.23. The average Bonchev–Trinajstić information content (AvgIpc) is 2.29. The summed E-state index contributed by atoms with van der Waals surface area (Å²) in [7, 11) is 0. The van der Waals surface area contributed by atoms with Gasteiger partial charge in [0, 0.05) is 13.0 Å². The predicted octanol–water partition coefficient (Wildman–Crippen LogP) is 2.18. The third-order valence-corrected chi connectivity index (χ3v) is 2.29. The van der Waals surface area contributed by atoms with Gasteiger partial charge in [0.25, 0.3) is 0 Å². The molecule has 0 unspecified atom stereocenters. The highest BCUT2D eigenvalue weighted by molar-refractivity contribution is 5.78. The molecule has 1 aromatic carbocycles. The molecule has 0 saturated carbocycles. The number of nitriles is 1. The second kappa shape index (κ2) is 7.39. The van der Waals surface area contributed by atoms with Gasteiger partial charge in [0.15, 0.2) is 0 Å². The number of rotatable bonds is 6. The molecule has 0 bridgehead atoms. The molecule has 0 saturated heterocycles. The van der Waals surface area contributed by atoms with Crippen LogP contribution >= 0.6 is 0 Å². The highest BCUT2D eigenvalue weighted by Gasteiger charge is 2.03. The first-order valence-corrected chi connectivity index (χ1v) is 5.60. The van der Waals surface area contributed by atoms with Crippen molar-refractivity contribution in [3.05, 3.63) is 35.6 Å². The molecule has 0 aliphatic carbocycles. The second-order valence-corrected chi connectivity index (χ2v) is 3.77. The first-order chi connectivity index (χ1) is 8.22. The van der Waals surface area contributed by atoms with E-state index in [1.54, 1.807) is 12.1 Å². The summed E-state index contributed by atoms with van der Waals surface area (Å²) in [6, 6.07) is 8.06. The van der Waals surface area contributed by atoms with Gasteiger partial charge in [-0.3, -0.25) is 4.79 Å². The summed E-state index contributed by atoms with van der Waals surface area (Å²) in [6.07, 6.45) is 2.29. The highest BCUT2D eigenvalue weighted by atomic mass is 19.1. The van der Waals surface area contributed by atoms with Gasteiger partial charge in [0.1, 0.15) is 5.82 Å². The van der Waals surface area contributed by atoms with Crippen LogP contribution in [-0.2, 0) is 11.2 Å². The zero-order valence-corrected chi connectivity index (χ0v) is 9.58. The van der Waals surface area contributed by atoms with E-state index in [2.05, 4.69) is 5.32 Å². The van der Waals surface area contributed by atoms with Crippen LogP contribution in [-0.4, -0.2) is 12.5 Å². The van der Waals surface area contributed by atoms with Crippen molar-refractivity contribution in [3.8, 4) is 6.07 Å². The van der Waals surface area contributed by atoms with Crippen LogP contribution in [0.2, 0.25) is 0 Å². The van der Waals surface area contributed by atoms with Gasteiger partial charge in [-0.05, 0) is 30.5 Å². The fraction of sp³-hybridized carbons (Fsp3) is 0.385. The molecular formula is C13H15FN2O. The van der Waals surface area contributed by atoms with E-state index >= 15 is 0 Å². The standard InChI is InChI=1S/C13H15FN2O/c14-12-6-4-5-11(9-12)10-13(17)16-8-3-1-2-7-15/h4-6,9H,1-3,8,10H2,(H,16,17). The maximum Gasteiger partial charge on any atom is 0.224 e. The molecule has 0 aliphatic heterocycles. The minimum absolute atomic E-state index is 0.118. The van der Waals surface area contributed by atoms with Crippen molar-refractivity contribution in [1.29, 1.82) is 5.26 Å². The number of benzene rings is 1. The van der Waals surface area contributed by atoms with Crippen molar-refractivity contribution in [3.63, 3.8) is 0 Å². The molecule has 0 spiro atoms. The largest absolute Gasteiger partial charge is 0.356 e. The lowest BCUT2D eigenvalue weighted by molar-refractivity contribution is -0.120. The van der Waals surface area contributed by atoms with E-state index in [9.17, 15) is 9.18 Å². The van der Waals surface area contributed by atoms with E-state index in [1.165, 1.54) is 12.1 Å². The first kappa shape index (κ1) is 13.2. The zero-order chi connectivity index (χ0) is 12.5. The van der Waals surface area contributed by atoms with Crippen LogP contribution < -0.4 is 5.32 Å². The van der Waals surface area contributed by atoms with Gasteiger partial charge in [0.2, 0.25) is 5.91 Å². The van der Waals surface area contributed by atoms with Crippen LogP contribution in [0.25, 0.3) is 0 Å². The van der Waals surface area contributed by atoms with E-state index < -0.39 is 0 Å². The van der Waals surface area contributed by atoms with Gasteiger partial charge < -0.3 is 5.32 Å². The molecule has 0 heterocycles. The van der Waals surface area contributed by atoms with Crippen LogP contribution in [0, 0.1) is 17.1 Å². The Labute approximate surface area is 100 Å². The lowest BCUT2D eigenvalue weighted by atomic mass is 10.1. The minimum atomic E-state index is -0.329. The number of hydrogen-bond donors (Lipinski definition) is 1. The Morgan fingerprint density at radius 2 is 2.24 bits per heavy atom. The molecule has 3 nitrogen and oxygen atoms in total. The van der Waals surface area contributed by atoms with Gasteiger partial charge in [-0.2, -0.15) is 5.26 Å². The van der Waals surface area contributed by atoms with Crippen molar-refractivity contribution >= 4 is 5.91 Å². The highest BCUT2D eigenvalue weighted by Crippen LogP contribution is 2.04. The van der Waals surface area contributed by atoms with Crippen LogP contribution in [0.1, 0.15) is 24.8 Å². The van der Waals surface area contributed by atoms with Gasteiger partial charge in [-0.25, -0.2) is 4.39 Å². The quantitative estimate of drug-likeness (QED) is 0.767. The van der Waals surface area contributed by atoms with E-state index in [-0.39, 0.29) is 18.1 Å². The van der Waals surface area contributed by atoms with Gasteiger partial charge >= 0.3 is 0 Å². The molecule has 1 N–H and O–H groups in total. The summed E-state index contributed by atoms with van der Waals surface area (Å²) in [5, 5.41) is 11.1. The van der Waals surface area contributed by atoms with Crippen molar-refractivity contribution < 1.29 is 9.18 Å². The van der Waals surface area contributed by atoms with Crippen LogP contribution in [0.15, 0.2) is 24.3 Å². The fourth-order valence-corrected chi connectivity index (χ4v) is 1.45. The molecule has 17 heavy (non-hydrogen) atoms. The molecule has 90 valence electrons.